The molecule has 2 aliphatic rings. The number of benzene rings is 2. The number of hydrogen-bond acceptors (Lipinski definition) is 5. The molecular formula is C27H28FNO3S. The third kappa shape index (κ3) is 4.76. The predicted octanol–water partition coefficient (Wildman–Crippen LogP) is 5.86. The number of ketones is 1. The van der Waals surface area contributed by atoms with E-state index in [1.165, 1.54) is 12.1 Å². The predicted molar refractivity (Wildman–Crippen MR) is 128 cm³/mol. The normalized spacial score (nSPS) is 20.6. The molecule has 4 rings (SSSR count). The molecule has 4 nitrogen and oxygen atoms in total. The average molecular weight is 466 g/mol. The van der Waals surface area contributed by atoms with Crippen molar-refractivity contribution in [1.29, 1.82) is 0 Å². The summed E-state index contributed by atoms with van der Waals surface area (Å²) in [6.45, 7) is 5.49. The molecule has 0 aromatic heterocycles. The molecule has 2 atom stereocenters. The van der Waals surface area contributed by atoms with Gasteiger partial charge in [0.15, 0.2) is 5.78 Å². The van der Waals surface area contributed by atoms with Gasteiger partial charge in [-0.2, -0.15) is 0 Å². The van der Waals surface area contributed by atoms with Gasteiger partial charge in [-0.3, -0.25) is 4.79 Å². The van der Waals surface area contributed by atoms with Gasteiger partial charge in [-0.15, -0.1) is 11.8 Å². The van der Waals surface area contributed by atoms with Gasteiger partial charge in [0.2, 0.25) is 0 Å². The molecule has 0 radical (unpaired) electrons. The van der Waals surface area contributed by atoms with Gasteiger partial charge in [-0.05, 0) is 74.8 Å². The lowest BCUT2D eigenvalue weighted by Crippen LogP contribution is -2.36. The lowest BCUT2D eigenvalue weighted by Gasteiger charge is -2.37. The number of Topliss-reactive ketones (excluding diaryl/α,β-unsaturated/α-hetero) is 1. The van der Waals surface area contributed by atoms with Crippen molar-refractivity contribution in [1.82, 2.24) is 5.32 Å². The van der Waals surface area contributed by atoms with Crippen LogP contribution in [0.2, 0.25) is 0 Å². The van der Waals surface area contributed by atoms with Crippen LogP contribution < -0.4 is 5.32 Å². The van der Waals surface area contributed by atoms with Crippen LogP contribution in [0.1, 0.15) is 56.6 Å². The molecule has 0 bridgehead atoms. The Hall–Kier alpha value is -2.86. The maximum Gasteiger partial charge on any atom is 0.337 e. The molecule has 6 heteroatoms. The van der Waals surface area contributed by atoms with Crippen LogP contribution in [0.25, 0.3) is 0 Å². The zero-order valence-electron chi connectivity index (χ0n) is 19.3. The van der Waals surface area contributed by atoms with E-state index in [9.17, 15) is 14.0 Å². The fraction of sp³-hybridized carbons (Fsp3) is 0.333. The molecule has 0 spiro atoms. The summed E-state index contributed by atoms with van der Waals surface area (Å²) in [5, 5.41) is 3.35. The third-order valence-electron chi connectivity index (χ3n) is 6.18. The molecule has 1 aliphatic carbocycles. The molecule has 0 amide bonds. The highest BCUT2D eigenvalue weighted by molar-refractivity contribution is 7.98. The molecule has 2 aromatic rings. The van der Waals surface area contributed by atoms with Crippen molar-refractivity contribution in [2.24, 2.45) is 0 Å². The largest absolute Gasteiger partial charge is 0.460 e. The summed E-state index contributed by atoms with van der Waals surface area (Å²) in [6, 6.07) is 14.3. The van der Waals surface area contributed by atoms with Gasteiger partial charge < -0.3 is 10.1 Å². The molecule has 1 aliphatic heterocycles. The van der Waals surface area contributed by atoms with Crippen molar-refractivity contribution in [3.8, 4) is 0 Å². The van der Waals surface area contributed by atoms with Crippen LogP contribution in [-0.2, 0) is 14.3 Å². The summed E-state index contributed by atoms with van der Waals surface area (Å²) in [6.07, 6.45) is 2.68. The number of dihydropyridines is 1. The monoisotopic (exact) mass is 465 g/mol. The Balaban J connectivity index is 1.78. The Kier molecular flexibility index (Phi) is 6.75. The summed E-state index contributed by atoms with van der Waals surface area (Å²) in [7, 11) is 0. The van der Waals surface area contributed by atoms with E-state index < -0.39 is 11.9 Å². The number of allylic oxidation sites excluding steroid dienone is 3. The van der Waals surface area contributed by atoms with Gasteiger partial charge in [0, 0.05) is 34.2 Å². The van der Waals surface area contributed by atoms with E-state index in [0.29, 0.717) is 29.7 Å². The Morgan fingerprint density at radius 2 is 1.70 bits per heavy atom. The molecule has 2 aromatic carbocycles. The van der Waals surface area contributed by atoms with Crippen LogP contribution in [0.5, 0.6) is 0 Å². The van der Waals surface area contributed by atoms with E-state index in [-0.39, 0.29) is 23.6 Å². The van der Waals surface area contributed by atoms with Crippen molar-refractivity contribution in [2.75, 3.05) is 6.26 Å². The van der Waals surface area contributed by atoms with E-state index in [4.69, 9.17) is 4.74 Å². The van der Waals surface area contributed by atoms with Crippen molar-refractivity contribution in [3.63, 3.8) is 0 Å². The Morgan fingerprint density at radius 1 is 1.06 bits per heavy atom. The molecule has 0 saturated carbocycles. The number of thioether (sulfide) groups is 1. The Labute approximate surface area is 198 Å². The maximum absolute atomic E-state index is 13.5. The number of esters is 1. The van der Waals surface area contributed by atoms with Gasteiger partial charge >= 0.3 is 5.97 Å². The van der Waals surface area contributed by atoms with Gasteiger partial charge in [0.25, 0.3) is 0 Å². The number of rotatable bonds is 5. The average Bonchev–Trinajstić information content (AvgIpc) is 2.78. The van der Waals surface area contributed by atoms with E-state index in [0.717, 1.165) is 21.7 Å². The zero-order valence-corrected chi connectivity index (χ0v) is 20.1. The van der Waals surface area contributed by atoms with Crippen LogP contribution >= 0.6 is 11.8 Å². The summed E-state index contributed by atoms with van der Waals surface area (Å²) in [4.78, 5) is 27.8. The first kappa shape index (κ1) is 23.3. The number of halogens is 1. The second kappa shape index (κ2) is 9.56. The van der Waals surface area contributed by atoms with E-state index in [1.807, 2.05) is 51.3 Å². The second-order valence-electron chi connectivity index (χ2n) is 8.80. The number of hydrogen-bond donors (Lipinski definition) is 1. The van der Waals surface area contributed by atoms with E-state index in [2.05, 4.69) is 5.32 Å². The highest BCUT2D eigenvalue weighted by atomic mass is 32.2. The van der Waals surface area contributed by atoms with E-state index in [1.54, 1.807) is 23.9 Å². The van der Waals surface area contributed by atoms with Crippen molar-refractivity contribution >= 4 is 23.5 Å². The molecule has 0 saturated heterocycles. The summed E-state index contributed by atoms with van der Waals surface area (Å²) in [5.74, 6) is -1.23. The van der Waals surface area contributed by atoms with Crippen LogP contribution in [0.3, 0.4) is 0 Å². The van der Waals surface area contributed by atoms with Crippen LogP contribution in [0.4, 0.5) is 4.39 Å². The standard InChI is InChI=1S/C27H28FNO3S/c1-15(2)32-27(31)24-16(3)29-22-13-19(17-5-9-20(28)10-6-17)14-23(30)26(22)25(24)18-7-11-21(33-4)12-8-18/h5-12,15,19,25,29H,13-14H2,1-4H3/t19-,25+/m0/s1. The molecule has 1 N–H and O–H groups in total. The first-order chi connectivity index (χ1) is 15.8. The van der Waals surface area contributed by atoms with Crippen molar-refractivity contribution in [2.45, 2.75) is 56.4 Å². The number of nitrogens with one attached hydrogen (secondary N) is 1. The molecular weight excluding hydrogens is 437 g/mol. The van der Waals surface area contributed by atoms with Gasteiger partial charge in [0.1, 0.15) is 5.82 Å². The summed E-state index contributed by atoms with van der Waals surface area (Å²) < 4.78 is 19.0. The van der Waals surface area contributed by atoms with Crippen LogP contribution in [0.15, 0.2) is 76.0 Å². The minimum absolute atomic E-state index is 0.000588. The highest BCUT2D eigenvalue weighted by Gasteiger charge is 2.41. The topological polar surface area (TPSA) is 55.4 Å². The smallest absolute Gasteiger partial charge is 0.337 e. The first-order valence-electron chi connectivity index (χ1n) is 11.1. The fourth-order valence-corrected chi connectivity index (χ4v) is 5.10. The quantitative estimate of drug-likeness (QED) is 0.443. The lowest BCUT2D eigenvalue weighted by atomic mass is 9.72. The minimum Gasteiger partial charge on any atom is -0.460 e. The lowest BCUT2D eigenvalue weighted by molar-refractivity contribution is -0.143. The molecule has 172 valence electrons. The second-order valence-corrected chi connectivity index (χ2v) is 9.68. The van der Waals surface area contributed by atoms with Crippen LogP contribution in [-0.4, -0.2) is 24.1 Å². The molecule has 0 fully saturated rings. The minimum atomic E-state index is -0.481. The molecule has 1 heterocycles. The number of carbonyl (C=O) groups excluding carboxylic acids is 2. The highest BCUT2D eigenvalue weighted by Crippen LogP contribution is 2.46. The number of carbonyl (C=O) groups is 2. The SMILES string of the molecule is CSc1ccc([C@@H]2C(C(=O)OC(C)C)=C(C)NC3=C2C(=O)C[C@@H](c2ccc(F)cc2)C3)cc1. The Bertz CT molecular complexity index is 1130. The zero-order chi connectivity index (χ0) is 23.7. The van der Waals surface area contributed by atoms with Crippen molar-refractivity contribution < 1.29 is 18.7 Å². The summed E-state index contributed by atoms with van der Waals surface area (Å²) >= 11 is 1.64. The molecule has 0 unspecified atom stereocenters. The van der Waals surface area contributed by atoms with Crippen LogP contribution in [0, 0.1) is 5.82 Å². The Morgan fingerprint density at radius 3 is 2.30 bits per heavy atom. The van der Waals surface area contributed by atoms with Gasteiger partial charge in [0.05, 0.1) is 11.7 Å². The van der Waals surface area contributed by atoms with Crippen molar-refractivity contribution in [3.05, 3.63) is 88.0 Å². The first-order valence-corrected chi connectivity index (χ1v) is 12.3. The maximum atomic E-state index is 13.5. The fourth-order valence-electron chi connectivity index (χ4n) is 4.69. The molecule has 33 heavy (non-hydrogen) atoms. The number of ether oxygens (including phenoxy) is 1. The van der Waals surface area contributed by atoms with E-state index >= 15 is 0 Å². The third-order valence-corrected chi connectivity index (χ3v) is 6.92. The van der Waals surface area contributed by atoms with Gasteiger partial charge in [-0.25, -0.2) is 9.18 Å². The summed E-state index contributed by atoms with van der Waals surface area (Å²) in [5.41, 5.74) is 4.47. The van der Waals surface area contributed by atoms with Gasteiger partial charge in [-0.1, -0.05) is 24.3 Å².